The van der Waals surface area contributed by atoms with Crippen LogP contribution >= 0.6 is 0 Å². The molecule has 1 aliphatic rings. The Balaban J connectivity index is 2.08. The van der Waals surface area contributed by atoms with Crippen molar-refractivity contribution < 1.29 is 14.0 Å². The molecule has 0 saturated carbocycles. The third-order valence-corrected chi connectivity index (χ3v) is 2.50. The molecule has 1 atom stereocenters. The molecule has 90 valence electrons. The average molecular weight is 236 g/mol. The van der Waals surface area contributed by atoms with Gasteiger partial charge in [0.15, 0.2) is 0 Å². The molecule has 0 aromatic heterocycles. The highest BCUT2D eigenvalue weighted by Crippen LogP contribution is 2.18. The summed E-state index contributed by atoms with van der Waals surface area (Å²) in [5.41, 5.74) is 0.860. The van der Waals surface area contributed by atoms with Crippen LogP contribution in [-0.2, 0) is 9.63 Å². The summed E-state index contributed by atoms with van der Waals surface area (Å²) in [7, 11) is 0. The minimum atomic E-state index is -0.649. The van der Waals surface area contributed by atoms with E-state index in [0.717, 1.165) is 0 Å². The van der Waals surface area contributed by atoms with Crippen LogP contribution in [0.3, 0.4) is 0 Å². The molecule has 0 bridgehead atoms. The van der Waals surface area contributed by atoms with Crippen LogP contribution < -0.4 is 5.32 Å². The summed E-state index contributed by atoms with van der Waals surface area (Å²) in [5, 5.41) is 6.41. The molecule has 0 radical (unpaired) electrons. The number of halogens is 1. The standard InChI is InChI=1S/C12H13FN2O2/c1-2-14-12(16)11-7-10(15-17-11)8-5-3-4-6-9(8)13/h3-6,11H,2,7H2,1H3,(H,14,16)/t11-/m0/s1. The van der Waals surface area contributed by atoms with Crippen molar-refractivity contribution in [1.29, 1.82) is 0 Å². The van der Waals surface area contributed by atoms with Crippen molar-refractivity contribution in [1.82, 2.24) is 5.32 Å². The highest BCUT2D eigenvalue weighted by atomic mass is 19.1. The SMILES string of the molecule is CCNC(=O)[C@@H]1CC(c2ccccc2F)=NO1. The third kappa shape index (κ3) is 2.43. The Morgan fingerprint density at radius 2 is 2.35 bits per heavy atom. The average Bonchev–Trinajstić information content (AvgIpc) is 2.79. The summed E-state index contributed by atoms with van der Waals surface area (Å²) in [4.78, 5) is 16.5. The Kier molecular flexibility index (Phi) is 3.37. The number of carbonyl (C=O) groups is 1. The number of nitrogens with zero attached hydrogens (tertiary/aromatic N) is 1. The maximum Gasteiger partial charge on any atom is 0.264 e. The van der Waals surface area contributed by atoms with E-state index in [0.29, 0.717) is 24.2 Å². The van der Waals surface area contributed by atoms with E-state index in [4.69, 9.17) is 4.84 Å². The first-order valence-electron chi connectivity index (χ1n) is 5.47. The van der Waals surface area contributed by atoms with E-state index in [1.165, 1.54) is 6.07 Å². The fourth-order valence-electron chi connectivity index (χ4n) is 1.66. The molecule has 0 aliphatic carbocycles. The Morgan fingerprint density at radius 3 is 3.06 bits per heavy atom. The zero-order valence-electron chi connectivity index (χ0n) is 9.44. The van der Waals surface area contributed by atoms with Crippen LogP contribution in [0.4, 0.5) is 4.39 Å². The van der Waals surface area contributed by atoms with Crippen molar-refractivity contribution in [2.45, 2.75) is 19.4 Å². The molecule has 0 fully saturated rings. The molecule has 5 heteroatoms. The van der Waals surface area contributed by atoms with Gasteiger partial charge in [0.05, 0.1) is 5.71 Å². The van der Waals surface area contributed by atoms with Crippen LogP contribution in [-0.4, -0.2) is 24.3 Å². The lowest BCUT2D eigenvalue weighted by Crippen LogP contribution is -2.34. The Morgan fingerprint density at radius 1 is 1.59 bits per heavy atom. The molecular weight excluding hydrogens is 223 g/mol. The van der Waals surface area contributed by atoms with Gasteiger partial charge in [0, 0.05) is 18.5 Å². The van der Waals surface area contributed by atoms with E-state index < -0.39 is 6.10 Å². The van der Waals surface area contributed by atoms with Crippen molar-refractivity contribution in [3.05, 3.63) is 35.6 Å². The topological polar surface area (TPSA) is 50.7 Å². The second-order valence-corrected chi connectivity index (χ2v) is 3.71. The van der Waals surface area contributed by atoms with Crippen molar-refractivity contribution in [3.63, 3.8) is 0 Å². The minimum Gasteiger partial charge on any atom is -0.382 e. The summed E-state index contributed by atoms with van der Waals surface area (Å²) in [6.07, 6.45) is -0.350. The number of amides is 1. The first-order valence-corrected chi connectivity index (χ1v) is 5.47. The molecule has 0 unspecified atom stereocenters. The normalized spacial score (nSPS) is 18.5. The number of hydrogen-bond acceptors (Lipinski definition) is 3. The van der Waals surface area contributed by atoms with Gasteiger partial charge in [0.1, 0.15) is 5.82 Å². The van der Waals surface area contributed by atoms with Crippen molar-refractivity contribution in [2.24, 2.45) is 5.16 Å². The minimum absolute atomic E-state index is 0.220. The largest absolute Gasteiger partial charge is 0.382 e. The lowest BCUT2D eigenvalue weighted by molar-refractivity contribution is -0.131. The van der Waals surface area contributed by atoms with E-state index >= 15 is 0 Å². The Labute approximate surface area is 98.5 Å². The number of benzene rings is 1. The number of hydrogen-bond donors (Lipinski definition) is 1. The first kappa shape index (κ1) is 11.6. The summed E-state index contributed by atoms with van der Waals surface area (Å²) in [6.45, 7) is 2.36. The quantitative estimate of drug-likeness (QED) is 0.863. The molecule has 1 heterocycles. The molecule has 2 rings (SSSR count). The van der Waals surface area contributed by atoms with E-state index in [2.05, 4.69) is 10.5 Å². The van der Waals surface area contributed by atoms with Gasteiger partial charge in [-0.15, -0.1) is 0 Å². The second-order valence-electron chi connectivity index (χ2n) is 3.71. The van der Waals surface area contributed by atoms with Gasteiger partial charge >= 0.3 is 0 Å². The lowest BCUT2D eigenvalue weighted by atomic mass is 10.0. The molecule has 1 N–H and O–H groups in total. The van der Waals surface area contributed by atoms with Gasteiger partial charge in [-0.3, -0.25) is 4.79 Å². The van der Waals surface area contributed by atoms with E-state index in [-0.39, 0.29) is 11.7 Å². The van der Waals surface area contributed by atoms with Crippen molar-refractivity contribution >= 4 is 11.6 Å². The molecule has 4 nitrogen and oxygen atoms in total. The zero-order valence-corrected chi connectivity index (χ0v) is 9.44. The number of likely N-dealkylation sites (N-methyl/N-ethyl adjacent to an activating group) is 1. The van der Waals surface area contributed by atoms with Crippen LogP contribution in [0.25, 0.3) is 0 Å². The van der Waals surface area contributed by atoms with Crippen LogP contribution in [0.5, 0.6) is 0 Å². The molecule has 17 heavy (non-hydrogen) atoms. The predicted octanol–water partition coefficient (Wildman–Crippen LogP) is 1.45. The summed E-state index contributed by atoms with van der Waals surface area (Å²) >= 11 is 0. The van der Waals surface area contributed by atoms with Crippen molar-refractivity contribution in [3.8, 4) is 0 Å². The molecule has 1 aliphatic heterocycles. The van der Waals surface area contributed by atoms with E-state index in [1.54, 1.807) is 18.2 Å². The van der Waals surface area contributed by atoms with Crippen LogP contribution in [0, 0.1) is 5.82 Å². The first-order chi connectivity index (χ1) is 8.22. The lowest BCUT2D eigenvalue weighted by Gasteiger charge is -2.07. The van der Waals surface area contributed by atoms with Crippen molar-refractivity contribution in [2.75, 3.05) is 6.54 Å². The van der Waals surface area contributed by atoms with Gasteiger partial charge in [0.2, 0.25) is 6.10 Å². The van der Waals surface area contributed by atoms with E-state index in [9.17, 15) is 9.18 Å². The smallest absolute Gasteiger partial charge is 0.264 e. The fraction of sp³-hybridized carbons (Fsp3) is 0.333. The maximum atomic E-state index is 13.5. The summed E-state index contributed by atoms with van der Waals surface area (Å²) < 4.78 is 13.5. The summed E-state index contributed by atoms with van der Waals surface area (Å²) in [5.74, 6) is -0.575. The molecule has 0 spiro atoms. The van der Waals surface area contributed by atoms with Gasteiger partial charge in [0.25, 0.3) is 5.91 Å². The second kappa shape index (κ2) is 4.95. The molecule has 1 amide bonds. The fourth-order valence-corrected chi connectivity index (χ4v) is 1.66. The van der Waals surface area contributed by atoms with Gasteiger partial charge < -0.3 is 10.2 Å². The zero-order chi connectivity index (χ0) is 12.3. The Hall–Kier alpha value is -1.91. The van der Waals surface area contributed by atoms with Crippen LogP contribution in [0.1, 0.15) is 18.9 Å². The number of oxime groups is 1. The van der Waals surface area contributed by atoms with Gasteiger partial charge in [-0.05, 0) is 13.0 Å². The highest BCUT2D eigenvalue weighted by Gasteiger charge is 2.29. The molecule has 1 aromatic rings. The highest BCUT2D eigenvalue weighted by molar-refractivity contribution is 6.04. The van der Waals surface area contributed by atoms with Gasteiger partial charge in [-0.2, -0.15) is 0 Å². The molecule has 1 aromatic carbocycles. The van der Waals surface area contributed by atoms with Crippen LogP contribution in [0.15, 0.2) is 29.4 Å². The van der Waals surface area contributed by atoms with E-state index in [1.807, 2.05) is 6.92 Å². The van der Waals surface area contributed by atoms with Gasteiger partial charge in [-0.25, -0.2) is 4.39 Å². The number of rotatable bonds is 3. The number of carbonyl (C=O) groups excluding carboxylic acids is 1. The monoisotopic (exact) mass is 236 g/mol. The summed E-state index contributed by atoms with van der Waals surface area (Å²) in [6, 6.07) is 6.31. The third-order valence-electron chi connectivity index (χ3n) is 2.50. The predicted molar refractivity (Wildman–Crippen MR) is 61.1 cm³/mol. The molecule has 0 saturated heterocycles. The molecular formula is C12H13FN2O2. The van der Waals surface area contributed by atoms with Crippen LogP contribution in [0.2, 0.25) is 0 Å². The maximum absolute atomic E-state index is 13.5. The number of nitrogens with one attached hydrogen (secondary N) is 1. The Bertz CT molecular complexity index is 460. The van der Waals surface area contributed by atoms with Gasteiger partial charge in [-0.1, -0.05) is 23.4 Å².